The van der Waals surface area contributed by atoms with Gasteiger partial charge in [0.2, 0.25) is 0 Å². The summed E-state index contributed by atoms with van der Waals surface area (Å²) in [7, 11) is 1.33. The Labute approximate surface area is 265 Å². The lowest BCUT2D eigenvalue weighted by Gasteiger charge is -2.47. The lowest BCUT2D eigenvalue weighted by Crippen LogP contribution is -2.61. The van der Waals surface area contributed by atoms with E-state index in [-0.39, 0.29) is 23.1 Å². The molecule has 0 unspecified atom stereocenters. The molecule has 3 aromatic heterocycles. The van der Waals surface area contributed by atoms with Gasteiger partial charge in [-0.2, -0.15) is 13.2 Å². The maximum Gasteiger partial charge on any atom is 0.419 e. The quantitative estimate of drug-likeness (QED) is 0.166. The van der Waals surface area contributed by atoms with Crippen LogP contribution in [-0.4, -0.2) is 63.6 Å². The summed E-state index contributed by atoms with van der Waals surface area (Å²) in [6.07, 6.45) is -3.05. The molecule has 1 fully saturated rings. The summed E-state index contributed by atoms with van der Waals surface area (Å²) in [6.45, 7) is 13.5. The fourth-order valence-corrected chi connectivity index (χ4v) is 6.21. The highest BCUT2D eigenvalue weighted by Crippen LogP contribution is 2.36. The van der Waals surface area contributed by atoms with Crippen LogP contribution in [-0.2, 0) is 17.5 Å². The van der Waals surface area contributed by atoms with Crippen LogP contribution in [0, 0.1) is 25.6 Å². The number of anilines is 1. The van der Waals surface area contributed by atoms with Gasteiger partial charge in [0.1, 0.15) is 23.0 Å². The molecule has 0 radical (unpaired) electrons. The molecule has 0 spiro atoms. The van der Waals surface area contributed by atoms with E-state index < -0.39 is 29.1 Å². The van der Waals surface area contributed by atoms with Gasteiger partial charge in [0.25, 0.3) is 5.91 Å². The number of aryl methyl sites for hydroxylation is 2. The molecule has 0 aliphatic carbocycles. The zero-order valence-corrected chi connectivity index (χ0v) is 26.9. The number of alkyl halides is 3. The molecule has 0 bridgehead atoms. The number of amides is 1. The van der Waals surface area contributed by atoms with Crippen LogP contribution in [0.5, 0.6) is 0 Å². The number of hydrogen-bond acceptors (Lipinski definition) is 6. The number of hydrogen-bond donors (Lipinski definition) is 0. The topological polar surface area (TPSA) is 80.6 Å². The molecule has 12 heteroatoms. The van der Waals surface area contributed by atoms with Crippen molar-refractivity contribution in [2.24, 2.45) is 5.92 Å². The third kappa shape index (κ3) is 6.17. The summed E-state index contributed by atoms with van der Waals surface area (Å²) in [4.78, 5) is 39.5. The molecule has 0 saturated carbocycles. The van der Waals surface area contributed by atoms with E-state index >= 15 is 0 Å². The average molecular weight is 640 g/mol. The minimum atomic E-state index is -4.80. The number of piperazine rings is 1. The summed E-state index contributed by atoms with van der Waals surface area (Å²) in [6, 6.07) is 8.07. The van der Waals surface area contributed by atoms with Gasteiger partial charge in [-0.3, -0.25) is 4.79 Å². The number of ether oxygens (including phenoxy) is 1. The Hall–Kier alpha value is -4.48. The van der Waals surface area contributed by atoms with E-state index in [2.05, 4.69) is 9.88 Å². The third-order valence-electron chi connectivity index (χ3n) is 8.33. The average Bonchev–Trinajstić information content (AvgIpc) is 3.31. The molecule has 5 rings (SSSR count). The molecule has 4 heterocycles. The van der Waals surface area contributed by atoms with Crippen molar-refractivity contribution in [2.75, 3.05) is 31.6 Å². The predicted molar refractivity (Wildman–Crippen MR) is 167 cm³/mol. The minimum Gasteiger partial charge on any atom is -0.465 e. The first-order valence-corrected chi connectivity index (χ1v) is 15.0. The highest BCUT2D eigenvalue weighted by atomic mass is 19.4. The molecule has 1 amide bonds. The first-order valence-electron chi connectivity index (χ1n) is 15.0. The maximum absolute atomic E-state index is 14.5. The monoisotopic (exact) mass is 639 g/mol. The molecule has 244 valence electrons. The third-order valence-corrected chi connectivity index (χ3v) is 8.33. The molecule has 4 aromatic rings. The smallest absolute Gasteiger partial charge is 0.419 e. The first kappa shape index (κ1) is 32.9. The number of nitrogens with zero attached hydrogens (tertiary/aromatic N) is 5. The summed E-state index contributed by atoms with van der Waals surface area (Å²) in [5.41, 5.74) is 1.37. The number of halogens is 4. The summed E-state index contributed by atoms with van der Waals surface area (Å²) >= 11 is 0. The first-order chi connectivity index (χ1) is 21.5. The fourth-order valence-electron chi connectivity index (χ4n) is 6.21. The van der Waals surface area contributed by atoms with Crippen molar-refractivity contribution in [3.63, 3.8) is 0 Å². The van der Waals surface area contributed by atoms with Crippen LogP contribution in [0.2, 0.25) is 0 Å². The minimum absolute atomic E-state index is 0.198. The van der Waals surface area contributed by atoms with Crippen molar-refractivity contribution in [2.45, 2.75) is 59.8 Å². The highest BCUT2D eigenvalue weighted by molar-refractivity contribution is 5.99. The van der Waals surface area contributed by atoms with Crippen molar-refractivity contribution in [3.05, 3.63) is 76.5 Å². The van der Waals surface area contributed by atoms with E-state index in [1.54, 1.807) is 30.2 Å². The van der Waals surface area contributed by atoms with E-state index in [9.17, 15) is 27.2 Å². The van der Waals surface area contributed by atoms with E-state index in [0.29, 0.717) is 59.9 Å². The number of pyridine rings is 2. The number of carbonyl (C=O) groups excluding carboxylic acids is 2. The summed E-state index contributed by atoms with van der Waals surface area (Å²) in [5.74, 6) is -1.14. The SMILES string of the molecule is COC(=O)c1c(C)cc(N2CCN(C(=O)c3ccc4c(-c5ccc(C(F)(F)F)c(F)c5)cn(CC(C)C)c4n3)C(C)(C)C2)nc1C. The van der Waals surface area contributed by atoms with Gasteiger partial charge < -0.3 is 19.1 Å². The van der Waals surface area contributed by atoms with Gasteiger partial charge in [0.15, 0.2) is 0 Å². The number of rotatable bonds is 6. The van der Waals surface area contributed by atoms with Gasteiger partial charge in [-0.15, -0.1) is 0 Å². The summed E-state index contributed by atoms with van der Waals surface area (Å²) in [5, 5.41) is 0.604. The molecule has 1 saturated heterocycles. The highest BCUT2D eigenvalue weighted by Gasteiger charge is 2.39. The van der Waals surface area contributed by atoms with Crippen LogP contribution < -0.4 is 4.90 Å². The molecule has 46 heavy (non-hydrogen) atoms. The largest absolute Gasteiger partial charge is 0.465 e. The van der Waals surface area contributed by atoms with Crippen LogP contribution in [0.4, 0.5) is 23.4 Å². The Morgan fingerprint density at radius 3 is 2.35 bits per heavy atom. The van der Waals surface area contributed by atoms with Crippen LogP contribution in [0.25, 0.3) is 22.2 Å². The van der Waals surface area contributed by atoms with Gasteiger partial charge in [-0.05, 0) is 75.1 Å². The molecule has 1 aromatic carbocycles. The van der Waals surface area contributed by atoms with Gasteiger partial charge >= 0.3 is 12.1 Å². The normalized spacial score (nSPS) is 15.1. The number of aromatic nitrogens is 3. The van der Waals surface area contributed by atoms with Gasteiger partial charge in [-0.25, -0.2) is 19.2 Å². The van der Waals surface area contributed by atoms with Gasteiger partial charge in [-0.1, -0.05) is 19.9 Å². The number of methoxy groups -OCH3 is 1. The Bertz CT molecular complexity index is 1810. The van der Waals surface area contributed by atoms with Crippen molar-refractivity contribution < 1.29 is 31.9 Å². The molecular weight excluding hydrogens is 602 g/mol. The van der Waals surface area contributed by atoms with E-state index in [0.717, 1.165) is 17.7 Å². The Morgan fingerprint density at radius 1 is 1.04 bits per heavy atom. The zero-order valence-electron chi connectivity index (χ0n) is 26.9. The van der Waals surface area contributed by atoms with Crippen LogP contribution in [0.15, 0.2) is 42.6 Å². The predicted octanol–water partition coefficient (Wildman–Crippen LogP) is 7.06. The van der Waals surface area contributed by atoms with Crippen LogP contribution in [0.1, 0.15) is 65.4 Å². The van der Waals surface area contributed by atoms with E-state index in [1.165, 1.54) is 13.2 Å². The Balaban J connectivity index is 1.45. The zero-order chi connectivity index (χ0) is 33.7. The maximum atomic E-state index is 14.5. The molecule has 8 nitrogen and oxygen atoms in total. The van der Waals surface area contributed by atoms with Crippen LogP contribution in [0.3, 0.4) is 0 Å². The molecule has 0 atom stereocenters. The fraction of sp³-hybridized carbons (Fsp3) is 0.412. The van der Waals surface area contributed by atoms with Crippen molar-refractivity contribution in [1.82, 2.24) is 19.4 Å². The summed E-state index contributed by atoms with van der Waals surface area (Å²) < 4.78 is 60.9. The Kier molecular flexibility index (Phi) is 8.61. The number of carbonyl (C=O) groups is 2. The van der Waals surface area contributed by atoms with Gasteiger partial charge in [0, 0.05) is 43.3 Å². The van der Waals surface area contributed by atoms with E-state index in [4.69, 9.17) is 9.72 Å². The Morgan fingerprint density at radius 2 is 1.76 bits per heavy atom. The second-order valence-corrected chi connectivity index (χ2v) is 12.8. The van der Waals surface area contributed by atoms with Crippen molar-refractivity contribution in [3.8, 4) is 11.1 Å². The standard InChI is InChI=1S/C34H37F4N5O3/c1-19(2)16-42-17-24(22-8-10-25(26(35)15-22)34(36,37)38)23-9-11-27(40-30(23)42)31(44)43-13-12-41(18-33(43,5)6)28-14-20(3)29(21(4)39-28)32(45)46-7/h8-11,14-15,17,19H,12-13,16,18H2,1-7H3. The second kappa shape index (κ2) is 12.0. The van der Waals surface area contributed by atoms with Crippen molar-refractivity contribution >= 4 is 28.7 Å². The number of esters is 1. The molecule has 1 aliphatic heterocycles. The molecule has 0 N–H and O–H groups in total. The second-order valence-electron chi connectivity index (χ2n) is 12.8. The lowest BCUT2D eigenvalue weighted by atomic mass is 9.97. The van der Waals surface area contributed by atoms with E-state index in [1.807, 2.05) is 45.3 Å². The van der Waals surface area contributed by atoms with Gasteiger partial charge in [0.05, 0.1) is 29.5 Å². The molecular formula is C34H37F4N5O3. The van der Waals surface area contributed by atoms with Crippen LogP contribution >= 0.6 is 0 Å². The number of benzene rings is 1. The van der Waals surface area contributed by atoms with Crippen molar-refractivity contribution in [1.29, 1.82) is 0 Å². The molecule has 1 aliphatic rings. The lowest BCUT2D eigenvalue weighted by molar-refractivity contribution is -0.140. The number of fused-ring (bicyclic) bond motifs is 1.